The van der Waals surface area contributed by atoms with Crippen LogP contribution in [0.1, 0.15) is 28.7 Å². The van der Waals surface area contributed by atoms with Crippen LogP contribution in [0, 0.1) is 38.1 Å². The minimum atomic E-state index is 0. The summed E-state index contributed by atoms with van der Waals surface area (Å²) in [6.45, 7) is 6.08. The molecule has 0 atom stereocenters. The summed E-state index contributed by atoms with van der Waals surface area (Å²) in [7, 11) is 0. The van der Waals surface area contributed by atoms with Crippen molar-refractivity contribution in [1.82, 2.24) is 0 Å². The molecule has 0 N–H and O–H groups in total. The van der Waals surface area contributed by atoms with Gasteiger partial charge in [0.1, 0.15) is 0 Å². The monoisotopic (exact) mass is 604 g/mol. The second kappa shape index (κ2) is 21.2. The van der Waals surface area contributed by atoms with Crippen LogP contribution in [0.5, 0.6) is 0 Å². The standard InChI is InChI=1S/C13H9.2C7H7.C5H5.2ClH.H2Si.Zr/c1-3-7-12-10(5-1)9-11-6-2-4-8-13(11)12;2*1-7-5-3-2-4-6-7;1-2-4-5-3-1;;;;/h1-5,7-8H,9H2;2*3-6H,1H3;1-3H,4H2;2*1H;1H2;/q4*-1;;;;. The first-order valence-corrected chi connectivity index (χ1v) is 17.2. The zero-order chi connectivity index (χ0) is 24.4. The third-order valence-electron chi connectivity index (χ3n) is 4.97. The molecule has 4 aromatic rings. The molecule has 186 valence electrons. The van der Waals surface area contributed by atoms with Gasteiger partial charge in [-0.3, -0.25) is 6.08 Å². The number of benzene rings is 4. The molecule has 0 saturated heterocycles. The van der Waals surface area contributed by atoms with Crippen LogP contribution < -0.4 is 0 Å². The Bertz CT molecular complexity index is 1070. The average Bonchev–Trinajstić information content (AvgIpc) is 3.59. The zero-order valence-electron chi connectivity index (χ0n) is 20.8. The fourth-order valence-corrected chi connectivity index (χ4v) is 3.28. The van der Waals surface area contributed by atoms with E-state index < -0.39 is 0 Å². The minimum Gasteiger partial charge on any atom is -0.179 e. The molecular formula is C32H32Cl2SiZr-4. The minimum absolute atomic E-state index is 0. The number of allylic oxidation sites excluding steroid dienone is 4. The zero-order valence-corrected chi connectivity index (χ0v) is 26.3. The Kier molecular flexibility index (Phi) is 20.0. The van der Waals surface area contributed by atoms with Crippen LogP contribution in [0.4, 0.5) is 0 Å². The van der Waals surface area contributed by atoms with Crippen molar-refractivity contribution in [2.24, 2.45) is 0 Å². The Morgan fingerprint density at radius 1 is 0.694 bits per heavy atom. The molecule has 0 heterocycles. The Balaban J connectivity index is 0.000000464. The molecule has 0 aliphatic heterocycles. The third-order valence-corrected chi connectivity index (χ3v) is 4.97. The van der Waals surface area contributed by atoms with Gasteiger partial charge in [0.05, 0.1) is 0 Å². The largest absolute Gasteiger partial charge is 0.179 e. The van der Waals surface area contributed by atoms with Gasteiger partial charge in [-0.15, -0.1) is 36.8 Å². The quantitative estimate of drug-likeness (QED) is 0.124. The van der Waals surface area contributed by atoms with E-state index in [0.717, 1.165) is 12.8 Å². The Hall–Kier alpha value is -1.96. The van der Waals surface area contributed by atoms with Gasteiger partial charge in [0.2, 0.25) is 0 Å². The van der Waals surface area contributed by atoms with E-state index in [1.54, 1.807) is 23.3 Å². The molecule has 2 aliphatic carbocycles. The molecule has 36 heavy (non-hydrogen) atoms. The van der Waals surface area contributed by atoms with Crippen LogP contribution in [-0.2, 0) is 29.8 Å². The molecule has 0 aromatic heterocycles. The van der Waals surface area contributed by atoms with Crippen LogP contribution >= 0.6 is 24.8 Å². The fraction of sp³-hybridized carbons (Fsp3) is 0.125. The van der Waals surface area contributed by atoms with E-state index >= 15 is 0 Å². The molecule has 0 radical (unpaired) electrons. The number of fused-ring (bicyclic) bond motifs is 3. The van der Waals surface area contributed by atoms with Gasteiger partial charge in [-0.25, -0.2) is 12.2 Å². The van der Waals surface area contributed by atoms with Crippen molar-refractivity contribution in [3.8, 4) is 11.1 Å². The summed E-state index contributed by atoms with van der Waals surface area (Å²) < 4.78 is 0. The number of hydrogen-bond donors (Lipinski definition) is 0. The smallest absolute Gasteiger partial charge is 0.0253 e. The number of aryl methyl sites for hydroxylation is 2. The maximum atomic E-state index is 3.30. The van der Waals surface area contributed by atoms with Crippen LogP contribution in [0.3, 0.4) is 0 Å². The van der Waals surface area contributed by atoms with Crippen molar-refractivity contribution in [2.75, 3.05) is 0 Å². The van der Waals surface area contributed by atoms with Crippen LogP contribution in [0.2, 0.25) is 0 Å². The molecule has 0 amide bonds. The van der Waals surface area contributed by atoms with Gasteiger partial charge in [-0.1, -0.05) is 49.2 Å². The van der Waals surface area contributed by atoms with E-state index in [0.29, 0.717) is 0 Å². The van der Waals surface area contributed by atoms with Gasteiger partial charge >= 0.3 is 30.2 Å². The second-order valence-electron chi connectivity index (χ2n) is 7.55. The van der Waals surface area contributed by atoms with Crippen molar-refractivity contribution in [2.45, 2.75) is 26.7 Å². The van der Waals surface area contributed by atoms with Crippen LogP contribution in [0.15, 0.2) is 109 Å². The Morgan fingerprint density at radius 2 is 1.25 bits per heavy atom. The first kappa shape index (κ1) is 34.0. The van der Waals surface area contributed by atoms with E-state index in [9.17, 15) is 0 Å². The van der Waals surface area contributed by atoms with Gasteiger partial charge in [0.25, 0.3) is 0 Å². The molecule has 0 nitrogen and oxygen atoms in total. The van der Waals surface area contributed by atoms with Crippen molar-refractivity contribution < 1.29 is 23.3 Å². The summed E-state index contributed by atoms with van der Waals surface area (Å²) in [5.41, 5.74) is 8.09. The molecule has 0 bridgehead atoms. The molecule has 0 fully saturated rings. The van der Waals surface area contributed by atoms with E-state index in [4.69, 9.17) is 0 Å². The van der Waals surface area contributed by atoms with Gasteiger partial charge < -0.3 is 0 Å². The second-order valence-corrected chi connectivity index (χ2v) is 7.55. The average molecular weight is 607 g/mol. The summed E-state index contributed by atoms with van der Waals surface area (Å²) in [5, 5.41) is 0. The van der Waals surface area contributed by atoms with Gasteiger partial charge in [-0.05, 0) is 6.42 Å². The molecule has 0 unspecified atom stereocenters. The van der Waals surface area contributed by atoms with Gasteiger partial charge in [0, 0.05) is 0 Å². The summed E-state index contributed by atoms with van der Waals surface area (Å²) in [4.78, 5) is 0. The summed E-state index contributed by atoms with van der Waals surface area (Å²) in [5.74, 6) is 0. The third kappa shape index (κ3) is 12.8. The van der Waals surface area contributed by atoms with Gasteiger partial charge in [0.15, 0.2) is 0 Å². The summed E-state index contributed by atoms with van der Waals surface area (Å²) in [6.07, 6.45) is 11.0. The molecule has 0 saturated carbocycles. The number of halogens is 2. The first-order chi connectivity index (χ1) is 16.7. The number of hydrogen-bond acceptors (Lipinski definition) is 0. The first-order valence-electron chi connectivity index (χ1n) is 11.2. The molecule has 6 rings (SSSR count). The van der Waals surface area contributed by atoms with E-state index in [2.05, 4.69) is 80.6 Å². The van der Waals surface area contributed by atoms with Crippen molar-refractivity contribution in [3.05, 3.63) is 156 Å². The molecule has 4 heteroatoms. The van der Waals surface area contributed by atoms with E-state index in [1.165, 1.54) is 33.4 Å². The fourth-order valence-electron chi connectivity index (χ4n) is 3.28. The van der Waals surface area contributed by atoms with E-state index in [1.807, 2.05) is 73.6 Å². The van der Waals surface area contributed by atoms with Crippen LogP contribution in [-0.4, -0.2) is 6.88 Å². The van der Waals surface area contributed by atoms with Crippen LogP contribution in [0.25, 0.3) is 11.1 Å². The summed E-state index contributed by atoms with van der Waals surface area (Å²) >= 11 is 1.58. The number of rotatable bonds is 0. The van der Waals surface area contributed by atoms with Crippen molar-refractivity contribution >= 4 is 31.7 Å². The normalized spacial score (nSPS) is 10.4. The van der Waals surface area contributed by atoms with E-state index in [-0.39, 0.29) is 24.8 Å². The Labute approximate surface area is 247 Å². The topological polar surface area (TPSA) is 0 Å². The molecule has 4 aromatic carbocycles. The van der Waals surface area contributed by atoms with Gasteiger partial charge in [-0.2, -0.15) is 108 Å². The molecule has 0 spiro atoms. The maximum absolute atomic E-state index is 3.30. The van der Waals surface area contributed by atoms with Crippen molar-refractivity contribution in [3.63, 3.8) is 0 Å². The predicted molar refractivity (Wildman–Crippen MR) is 158 cm³/mol. The maximum Gasteiger partial charge on any atom is -0.0253 e. The molecule has 2 aliphatic rings. The van der Waals surface area contributed by atoms with Crippen molar-refractivity contribution in [1.29, 1.82) is 0 Å². The Morgan fingerprint density at radius 3 is 1.69 bits per heavy atom. The summed E-state index contributed by atoms with van der Waals surface area (Å²) in [6, 6.07) is 39.7. The predicted octanol–water partition coefficient (Wildman–Crippen LogP) is 7.88. The SMILES string of the molecule is Cc1cc[c-]cc1.Cc1cc[c-]cc1.Cl.Cl.[C-]1=CC=CC1.[SiH2]=[Zr].[c-]1cccc2c1Cc1ccccc1-2. The molecular weight excluding hydrogens is 575 g/mol.